The molecule has 1 saturated carbocycles. The van der Waals surface area contributed by atoms with Gasteiger partial charge in [0.1, 0.15) is 12.4 Å². The Labute approximate surface area is 140 Å². The van der Waals surface area contributed by atoms with Crippen molar-refractivity contribution < 1.29 is 9.13 Å². The molecule has 1 aliphatic carbocycles. The van der Waals surface area contributed by atoms with Crippen LogP contribution in [-0.2, 0) is 13.2 Å². The van der Waals surface area contributed by atoms with Crippen LogP contribution in [0.5, 0.6) is 5.88 Å². The largest absolute Gasteiger partial charge is 0.467 e. The SMILES string of the molecule is C[C@H]1c2nnc(COc3ncccc3F)n2CCN1CC1CCC1. The molecule has 2 aromatic rings. The van der Waals surface area contributed by atoms with E-state index in [-0.39, 0.29) is 18.5 Å². The predicted molar refractivity (Wildman–Crippen MR) is 85.9 cm³/mol. The molecule has 0 unspecified atom stereocenters. The van der Waals surface area contributed by atoms with E-state index in [1.807, 2.05) is 0 Å². The Bertz CT molecular complexity index is 715. The molecule has 4 rings (SSSR count). The van der Waals surface area contributed by atoms with Gasteiger partial charge in [0.05, 0.1) is 6.04 Å². The number of hydrogen-bond acceptors (Lipinski definition) is 5. The topological polar surface area (TPSA) is 56.1 Å². The molecular formula is C17H22FN5O. The van der Waals surface area contributed by atoms with Crippen molar-refractivity contribution >= 4 is 0 Å². The molecule has 24 heavy (non-hydrogen) atoms. The summed E-state index contributed by atoms with van der Waals surface area (Å²) in [6.45, 7) is 5.35. The Balaban J connectivity index is 1.44. The van der Waals surface area contributed by atoms with Crippen LogP contribution in [0.3, 0.4) is 0 Å². The smallest absolute Gasteiger partial charge is 0.250 e. The molecule has 0 bridgehead atoms. The predicted octanol–water partition coefficient (Wildman–Crippen LogP) is 2.57. The van der Waals surface area contributed by atoms with Crippen LogP contribution in [0.2, 0.25) is 0 Å². The lowest BCUT2D eigenvalue weighted by atomic mass is 9.84. The monoisotopic (exact) mass is 331 g/mol. The van der Waals surface area contributed by atoms with Crippen molar-refractivity contribution in [1.29, 1.82) is 0 Å². The summed E-state index contributed by atoms with van der Waals surface area (Å²) in [5, 5.41) is 8.60. The van der Waals surface area contributed by atoms with Crippen LogP contribution in [0.4, 0.5) is 4.39 Å². The normalized spacial score (nSPS) is 21.3. The lowest BCUT2D eigenvalue weighted by Crippen LogP contribution is -2.41. The fourth-order valence-corrected chi connectivity index (χ4v) is 3.46. The summed E-state index contributed by atoms with van der Waals surface area (Å²) >= 11 is 0. The first kappa shape index (κ1) is 15.5. The van der Waals surface area contributed by atoms with Crippen LogP contribution in [0.15, 0.2) is 18.3 Å². The first-order chi connectivity index (χ1) is 11.7. The van der Waals surface area contributed by atoms with E-state index >= 15 is 0 Å². The van der Waals surface area contributed by atoms with Gasteiger partial charge < -0.3 is 9.30 Å². The Hall–Kier alpha value is -2.02. The summed E-state index contributed by atoms with van der Waals surface area (Å²) in [6.07, 6.45) is 5.59. The molecule has 7 heteroatoms. The summed E-state index contributed by atoms with van der Waals surface area (Å²) in [7, 11) is 0. The summed E-state index contributed by atoms with van der Waals surface area (Å²) in [5.74, 6) is 2.09. The van der Waals surface area contributed by atoms with Crippen LogP contribution in [0, 0.1) is 11.7 Å². The third-order valence-corrected chi connectivity index (χ3v) is 5.17. The zero-order chi connectivity index (χ0) is 16.5. The molecule has 3 heterocycles. The van der Waals surface area contributed by atoms with Crippen LogP contribution in [0.25, 0.3) is 0 Å². The number of aromatic nitrogens is 4. The van der Waals surface area contributed by atoms with E-state index in [0.717, 1.165) is 37.2 Å². The van der Waals surface area contributed by atoms with Crippen LogP contribution >= 0.6 is 0 Å². The summed E-state index contributed by atoms with van der Waals surface area (Å²) in [4.78, 5) is 6.40. The maximum absolute atomic E-state index is 13.6. The number of pyridine rings is 1. The van der Waals surface area contributed by atoms with Crippen LogP contribution in [-0.4, -0.2) is 37.7 Å². The quantitative estimate of drug-likeness (QED) is 0.843. The van der Waals surface area contributed by atoms with E-state index in [0.29, 0.717) is 0 Å². The van der Waals surface area contributed by atoms with Gasteiger partial charge in [0.15, 0.2) is 11.6 Å². The van der Waals surface area contributed by atoms with E-state index in [1.54, 1.807) is 6.07 Å². The first-order valence-electron chi connectivity index (χ1n) is 8.61. The molecule has 0 spiro atoms. The standard InChI is InChI=1S/C17H22FN5O/c1-12-16-21-20-15(11-24-17-14(18)6-3-7-19-17)23(16)9-8-22(12)10-13-4-2-5-13/h3,6-7,12-13H,2,4-5,8-11H2,1H3/t12-/m0/s1. The molecule has 6 nitrogen and oxygen atoms in total. The molecule has 128 valence electrons. The third-order valence-electron chi connectivity index (χ3n) is 5.17. The minimum Gasteiger partial charge on any atom is -0.467 e. The fourth-order valence-electron chi connectivity index (χ4n) is 3.46. The molecule has 1 aliphatic heterocycles. The Kier molecular flexibility index (Phi) is 4.18. The van der Waals surface area contributed by atoms with E-state index in [2.05, 4.69) is 31.6 Å². The zero-order valence-electron chi connectivity index (χ0n) is 13.9. The lowest BCUT2D eigenvalue weighted by molar-refractivity contribution is 0.110. The Morgan fingerprint density at radius 2 is 2.17 bits per heavy atom. The number of halogens is 1. The van der Waals surface area contributed by atoms with Gasteiger partial charge in [-0.25, -0.2) is 9.37 Å². The molecule has 0 N–H and O–H groups in total. The van der Waals surface area contributed by atoms with Crippen LogP contribution < -0.4 is 4.74 Å². The molecule has 1 fully saturated rings. The van der Waals surface area contributed by atoms with E-state index in [4.69, 9.17) is 4.74 Å². The summed E-state index contributed by atoms with van der Waals surface area (Å²) < 4.78 is 21.2. The van der Waals surface area contributed by atoms with Gasteiger partial charge in [0.25, 0.3) is 5.88 Å². The van der Waals surface area contributed by atoms with Crippen molar-refractivity contribution in [1.82, 2.24) is 24.6 Å². The van der Waals surface area contributed by atoms with Gasteiger partial charge in [-0.3, -0.25) is 4.90 Å². The van der Waals surface area contributed by atoms with Gasteiger partial charge in [0, 0.05) is 25.8 Å². The highest BCUT2D eigenvalue weighted by atomic mass is 19.1. The van der Waals surface area contributed by atoms with Gasteiger partial charge >= 0.3 is 0 Å². The van der Waals surface area contributed by atoms with Gasteiger partial charge in [0.2, 0.25) is 0 Å². The van der Waals surface area contributed by atoms with Gasteiger partial charge in [-0.05, 0) is 37.8 Å². The van der Waals surface area contributed by atoms with Crippen molar-refractivity contribution in [3.8, 4) is 5.88 Å². The number of nitrogens with zero attached hydrogens (tertiary/aromatic N) is 5. The highest BCUT2D eigenvalue weighted by Gasteiger charge is 2.31. The van der Waals surface area contributed by atoms with Crippen molar-refractivity contribution in [2.24, 2.45) is 5.92 Å². The van der Waals surface area contributed by atoms with Crippen molar-refractivity contribution in [2.75, 3.05) is 13.1 Å². The molecule has 2 aromatic heterocycles. The molecular weight excluding hydrogens is 309 g/mol. The van der Waals surface area contributed by atoms with E-state index in [1.165, 1.54) is 31.5 Å². The average Bonchev–Trinajstić information content (AvgIpc) is 2.96. The van der Waals surface area contributed by atoms with Crippen molar-refractivity contribution in [3.63, 3.8) is 0 Å². The second-order valence-corrected chi connectivity index (χ2v) is 6.67. The highest BCUT2D eigenvalue weighted by Crippen LogP contribution is 2.32. The van der Waals surface area contributed by atoms with Crippen LogP contribution in [0.1, 0.15) is 43.9 Å². The fraction of sp³-hybridized carbons (Fsp3) is 0.588. The maximum Gasteiger partial charge on any atom is 0.250 e. The third kappa shape index (κ3) is 2.88. The van der Waals surface area contributed by atoms with E-state index < -0.39 is 5.82 Å². The Morgan fingerprint density at radius 1 is 1.29 bits per heavy atom. The second-order valence-electron chi connectivity index (χ2n) is 6.67. The minimum absolute atomic E-state index is 0.00492. The molecule has 1 atom stereocenters. The van der Waals surface area contributed by atoms with Crippen molar-refractivity contribution in [3.05, 3.63) is 35.8 Å². The molecule has 2 aliphatic rings. The number of rotatable bonds is 5. The lowest BCUT2D eigenvalue weighted by Gasteiger charge is -2.38. The summed E-state index contributed by atoms with van der Waals surface area (Å²) in [6, 6.07) is 3.13. The minimum atomic E-state index is -0.462. The average molecular weight is 331 g/mol. The van der Waals surface area contributed by atoms with Gasteiger partial charge in [-0.1, -0.05) is 6.42 Å². The van der Waals surface area contributed by atoms with Crippen molar-refractivity contribution in [2.45, 2.75) is 45.4 Å². The highest BCUT2D eigenvalue weighted by molar-refractivity contribution is 5.13. The molecule has 0 aromatic carbocycles. The summed E-state index contributed by atoms with van der Waals surface area (Å²) in [5.41, 5.74) is 0. The molecule has 0 saturated heterocycles. The maximum atomic E-state index is 13.6. The Morgan fingerprint density at radius 3 is 2.92 bits per heavy atom. The zero-order valence-corrected chi connectivity index (χ0v) is 13.9. The first-order valence-corrected chi connectivity index (χ1v) is 8.61. The van der Waals surface area contributed by atoms with Gasteiger partial charge in [-0.2, -0.15) is 0 Å². The molecule has 0 amide bonds. The van der Waals surface area contributed by atoms with Gasteiger partial charge in [-0.15, -0.1) is 10.2 Å². The number of fused-ring (bicyclic) bond motifs is 1. The molecule has 0 radical (unpaired) electrons. The second kappa shape index (κ2) is 6.47. The van der Waals surface area contributed by atoms with E-state index in [9.17, 15) is 4.39 Å². The number of hydrogen-bond donors (Lipinski definition) is 0. The number of ether oxygens (including phenoxy) is 1.